The number of fused-ring (bicyclic) bond motifs is 1. The molecule has 3 aliphatic heterocycles. The van der Waals surface area contributed by atoms with Crippen molar-refractivity contribution in [3.8, 4) is 0 Å². The van der Waals surface area contributed by atoms with Gasteiger partial charge in [0.25, 0.3) is 0 Å². The zero-order valence-electron chi connectivity index (χ0n) is 21.6. The molecule has 1 aromatic rings. The first-order valence-corrected chi connectivity index (χ1v) is 13.7. The van der Waals surface area contributed by atoms with Crippen LogP contribution in [0, 0.1) is 11.8 Å². The average molecular weight is 575 g/mol. The number of aliphatic hydroxyl groups excluding tert-OH is 1. The molecular weight excluding hydrogens is 538 g/mol. The summed E-state index contributed by atoms with van der Waals surface area (Å²) in [5, 5.41) is 10.1. The van der Waals surface area contributed by atoms with E-state index in [0.29, 0.717) is 18.7 Å². The van der Waals surface area contributed by atoms with E-state index in [4.69, 9.17) is 4.74 Å². The lowest BCUT2D eigenvalue weighted by molar-refractivity contribution is -0.151. The van der Waals surface area contributed by atoms with Crippen molar-refractivity contribution in [2.75, 3.05) is 24.6 Å². The Morgan fingerprint density at radius 1 is 1.19 bits per heavy atom. The predicted octanol–water partition coefficient (Wildman–Crippen LogP) is 2.76. The molecule has 3 saturated heterocycles. The number of aliphatic hydroxyl groups is 1. The van der Waals surface area contributed by atoms with E-state index in [-0.39, 0.29) is 41.7 Å². The van der Waals surface area contributed by atoms with Gasteiger partial charge in [0.15, 0.2) is 0 Å². The number of hydrogen-bond donors (Lipinski definition) is 1. The number of carbonyl (C=O) groups is 3. The summed E-state index contributed by atoms with van der Waals surface area (Å²) in [6.45, 7) is 13.4. The van der Waals surface area contributed by atoms with Crippen molar-refractivity contribution >= 4 is 39.3 Å². The third-order valence-corrected chi connectivity index (χ3v) is 8.71. The normalized spacial score (nSPS) is 30.8. The molecule has 0 aliphatic carbocycles. The van der Waals surface area contributed by atoms with E-state index >= 15 is 0 Å². The van der Waals surface area contributed by atoms with Crippen LogP contribution in [0.3, 0.4) is 0 Å². The van der Waals surface area contributed by atoms with Crippen molar-refractivity contribution in [3.05, 3.63) is 55.6 Å². The summed E-state index contributed by atoms with van der Waals surface area (Å²) in [5.41, 5.74) is -0.479. The molecule has 9 heteroatoms. The summed E-state index contributed by atoms with van der Waals surface area (Å²) in [7, 11) is 0. The van der Waals surface area contributed by atoms with E-state index in [1.54, 1.807) is 28.9 Å². The number of anilines is 1. The molecule has 37 heavy (non-hydrogen) atoms. The van der Waals surface area contributed by atoms with Crippen LogP contribution in [-0.2, 0) is 19.1 Å². The summed E-state index contributed by atoms with van der Waals surface area (Å²) < 4.78 is 6.59. The van der Waals surface area contributed by atoms with Gasteiger partial charge in [-0.15, -0.1) is 13.2 Å². The molecule has 7 atom stereocenters. The first kappa shape index (κ1) is 27.5. The maximum absolute atomic E-state index is 14.2. The molecule has 0 radical (unpaired) electrons. The Morgan fingerprint density at radius 2 is 1.84 bits per heavy atom. The fourth-order valence-corrected chi connectivity index (χ4v) is 7.22. The van der Waals surface area contributed by atoms with Crippen LogP contribution in [0.5, 0.6) is 0 Å². The van der Waals surface area contributed by atoms with Crippen LogP contribution in [0.2, 0.25) is 0 Å². The smallest absolute Gasteiger partial charge is 0.248 e. The van der Waals surface area contributed by atoms with Gasteiger partial charge in [-0.25, -0.2) is 0 Å². The molecule has 1 spiro atoms. The maximum Gasteiger partial charge on any atom is 0.248 e. The van der Waals surface area contributed by atoms with Crippen molar-refractivity contribution in [1.29, 1.82) is 0 Å². The van der Waals surface area contributed by atoms with Crippen molar-refractivity contribution < 1.29 is 24.2 Å². The zero-order valence-corrected chi connectivity index (χ0v) is 23.2. The van der Waals surface area contributed by atoms with Crippen LogP contribution in [0.4, 0.5) is 5.69 Å². The number of para-hydroxylation sites is 1. The monoisotopic (exact) mass is 573 g/mol. The number of rotatable bonds is 10. The van der Waals surface area contributed by atoms with E-state index in [9.17, 15) is 19.5 Å². The molecule has 0 aromatic heterocycles. The minimum atomic E-state index is -1.18. The maximum atomic E-state index is 14.2. The van der Waals surface area contributed by atoms with Gasteiger partial charge in [-0.05, 0) is 39.3 Å². The van der Waals surface area contributed by atoms with Gasteiger partial charge < -0.3 is 24.5 Å². The van der Waals surface area contributed by atoms with Crippen molar-refractivity contribution in [2.24, 2.45) is 11.8 Å². The highest BCUT2D eigenvalue weighted by molar-refractivity contribution is 9.09. The molecule has 0 saturated carbocycles. The number of benzene rings is 1. The molecule has 8 nitrogen and oxygen atoms in total. The van der Waals surface area contributed by atoms with Crippen LogP contribution in [-0.4, -0.2) is 87.0 Å². The van der Waals surface area contributed by atoms with Gasteiger partial charge >= 0.3 is 0 Å². The standard InChI is InChI=1S/C28H36BrN3O5/c1-6-13-30(17(3)4)27(36)24-28-15-20(29)23(37-28)21(22(28)26(35)32(24)18(5)16-33)25(34)31(14-7-2)19-11-9-8-10-12-19/h6-12,17-18,20-24,33H,1-2,13-16H2,3-5H3/t18-,20?,21-,22+,23-,24?,28?/m1/s1. The van der Waals surface area contributed by atoms with Crippen molar-refractivity contribution in [1.82, 2.24) is 9.80 Å². The second-order valence-electron chi connectivity index (χ2n) is 10.4. The number of nitrogens with zero attached hydrogens (tertiary/aromatic N) is 3. The van der Waals surface area contributed by atoms with Crippen molar-refractivity contribution in [2.45, 2.75) is 61.8 Å². The molecule has 3 amide bonds. The lowest BCUT2D eigenvalue weighted by atomic mass is 9.70. The Morgan fingerprint density at radius 3 is 2.41 bits per heavy atom. The van der Waals surface area contributed by atoms with Crippen LogP contribution >= 0.6 is 15.9 Å². The zero-order chi connectivity index (χ0) is 27.1. The van der Waals surface area contributed by atoms with E-state index < -0.39 is 35.6 Å². The molecule has 2 bridgehead atoms. The molecule has 200 valence electrons. The molecule has 1 N–H and O–H groups in total. The Bertz CT molecular complexity index is 1070. The Hall–Kier alpha value is -2.49. The van der Waals surface area contributed by atoms with Crippen LogP contribution in [0.15, 0.2) is 55.6 Å². The number of carbonyl (C=O) groups excluding carboxylic acids is 3. The molecule has 3 unspecified atom stereocenters. The summed E-state index contributed by atoms with van der Waals surface area (Å²) >= 11 is 3.71. The van der Waals surface area contributed by atoms with Gasteiger partial charge in [-0.2, -0.15) is 0 Å². The summed E-state index contributed by atoms with van der Waals surface area (Å²) in [5.74, 6) is -2.45. The molecule has 4 rings (SSSR count). The lowest BCUT2D eigenvalue weighted by Gasteiger charge is -2.39. The highest BCUT2D eigenvalue weighted by atomic mass is 79.9. The van der Waals surface area contributed by atoms with Crippen molar-refractivity contribution in [3.63, 3.8) is 0 Å². The largest absolute Gasteiger partial charge is 0.394 e. The van der Waals surface area contributed by atoms with Crippen LogP contribution in [0.1, 0.15) is 27.2 Å². The Kier molecular flexibility index (Phi) is 7.97. The van der Waals surface area contributed by atoms with E-state index in [1.165, 1.54) is 4.90 Å². The molecule has 1 aromatic carbocycles. The first-order valence-electron chi connectivity index (χ1n) is 12.8. The van der Waals surface area contributed by atoms with Gasteiger partial charge in [-0.1, -0.05) is 46.3 Å². The molecular formula is C28H36BrN3O5. The minimum absolute atomic E-state index is 0.140. The minimum Gasteiger partial charge on any atom is -0.394 e. The number of amides is 3. The Labute approximate surface area is 227 Å². The van der Waals surface area contributed by atoms with Crippen LogP contribution < -0.4 is 4.90 Å². The number of likely N-dealkylation sites (tertiary alicyclic amines) is 1. The first-order chi connectivity index (χ1) is 17.6. The summed E-state index contributed by atoms with van der Waals surface area (Å²) in [6, 6.07) is 7.55. The van der Waals surface area contributed by atoms with Gasteiger partial charge in [0.2, 0.25) is 17.7 Å². The lowest BCUT2D eigenvalue weighted by Crippen LogP contribution is -2.59. The SMILES string of the molecule is C=CCN(C(=O)[C@H]1[C@@H]2OC3(CC2Br)C(C(=O)N(CC=C)C(C)C)N([C@H](C)CO)C(=O)[C@H]13)c1ccccc1. The van der Waals surface area contributed by atoms with Gasteiger partial charge in [0.1, 0.15) is 11.6 Å². The van der Waals surface area contributed by atoms with Gasteiger partial charge in [0, 0.05) is 29.6 Å². The van der Waals surface area contributed by atoms with Crippen LogP contribution in [0.25, 0.3) is 0 Å². The molecule has 3 fully saturated rings. The second kappa shape index (κ2) is 10.7. The number of alkyl halides is 1. The third-order valence-electron chi connectivity index (χ3n) is 7.86. The average Bonchev–Trinajstić information content (AvgIpc) is 3.48. The highest BCUT2D eigenvalue weighted by Crippen LogP contribution is 2.61. The molecule has 3 heterocycles. The molecule has 3 aliphatic rings. The fraction of sp³-hybridized carbons (Fsp3) is 0.536. The predicted molar refractivity (Wildman–Crippen MR) is 145 cm³/mol. The second-order valence-corrected chi connectivity index (χ2v) is 11.6. The topological polar surface area (TPSA) is 90.4 Å². The van der Waals surface area contributed by atoms with E-state index in [2.05, 4.69) is 29.1 Å². The number of hydrogen-bond acceptors (Lipinski definition) is 5. The van der Waals surface area contributed by atoms with E-state index in [1.807, 2.05) is 44.2 Å². The Balaban J connectivity index is 1.81. The third kappa shape index (κ3) is 4.34. The number of ether oxygens (including phenoxy) is 1. The summed E-state index contributed by atoms with van der Waals surface area (Å²) in [6.07, 6.45) is 3.16. The summed E-state index contributed by atoms with van der Waals surface area (Å²) in [4.78, 5) is 46.9. The fourth-order valence-electron chi connectivity index (χ4n) is 6.28. The number of halogens is 1. The van der Waals surface area contributed by atoms with Gasteiger partial charge in [0.05, 0.1) is 30.6 Å². The van der Waals surface area contributed by atoms with Gasteiger partial charge in [-0.3, -0.25) is 14.4 Å². The highest BCUT2D eigenvalue weighted by Gasteiger charge is 2.77. The van der Waals surface area contributed by atoms with E-state index in [0.717, 1.165) is 0 Å². The quantitative estimate of drug-likeness (QED) is 0.343.